The monoisotopic (exact) mass is 299 g/mol. The van der Waals surface area contributed by atoms with E-state index in [-0.39, 0.29) is 23.8 Å². The molecule has 0 saturated carbocycles. The highest BCUT2D eigenvalue weighted by atomic mass is 19.2. The van der Waals surface area contributed by atoms with Gasteiger partial charge >= 0.3 is 5.97 Å². The summed E-state index contributed by atoms with van der Waals surface area (Å²) in [6, 6.07) is 1.19. The van der Waals surface area contributed by atoms with Crippen molar-refractivity contribution in [2.24, 2.45) is 0 Å². The summed E-state index contributed by atoms with van der Waals surface area (Å²) in [6.07, 6.45) is 0.263. The number of carbonyl (C=O) groups excluding carboxylic acids is 1. The third-order valence-electron chi connectivity index (χ3n) is 2.89. The normalized spacial score (nSPS) is 10.7. The average molecular weight is 299 g/mol. The Morgan fingerprint density at radius 3 is 2.62 bits per heavy atom. The number of imidazole rings is 1. The maximum Gasteiger partial charge on any atom is 0.360 e. The topological polar surface area (TPSA) is 70.1 Å². The molecule has 0 aliphatic carbocycles. The van der Waals surface area contributed by atoms with Gasteiger partial charge in [0.05, 0.1) is 12.8 Å². The molecule has 5 nitrogen and oxygen atoms in total. The van der Waals surface area contributed by atoms with Crippen molar-refractivity contribution in [2.45, 2.75) is 13.3 Å². The van der Waals surface area contributed by atoms with Crippen molar-refractivity contribution in [2.75, 3.05) is 12.8 Å². The zero-order valence-electron chi connectivity index (χ0n) is 11.3. The third-order valence-corrected chi connectivity index (χ3v) is 2.89. The summed E-state index contributed by atoms with van der Waals surface area (Å²) in [6.45, 7) is 1.67. The first kappa shape index (κ1) is 14.9. The molecule has 0 bridgehead atoms. The van der Waals surface area contributed by atoms with Gasteiger partial charge in [-0.15, -0.1) is 0 Å². The Morgan fingerprint density at radius 1 is 1.38 bits per heavy atom. The quantitative estimate of drug-likeness (QED) is 0.697. The van der Waals surface area contributed by atoms with Crippen LogP contribution >= 0.6 is 0 Å². The second-order valence-corrected chi connectivity index (χ2v) is 4.16. The molecule has 0 saturated heterocycles. The number of hydrogen-bond donors (Lipinski definition) is 1. The molecule has 0 spiro atoms. The molecule has 112 valence electrons. The molecule has 0 aliphatic heterocycles. The Bertz CT molecular complexity index is 713. The van der Waals surface area contributed by atoms with Gasteiger partial charge in [-0.3, -0.25) is 4.57 Å². The highest BCUT2D eigenvalue weighted by Crippen LogP contribution is 2.26. The van der Waals surface area contributed by atoms with E-state index in [4.69, 9.17) is 5.73 Å². The minimum absolute atomic E-state index is 0.178. The second-order valence-electron chi connectivity index (χ2n) is 4.16. The van der Waals surface area contributed by atoms with E-state index in [1.807, 2.05) is 0 Å². The number of hydrogen-bond acceptors (Lipinski definition) is 4. The van der Waals surface area contributed by atoms with Crippen molar-refractivity contribution in [3.63, 3.8) is 0 Å². The fourth-order valence-corrected chi connectivity index (χ4v) is 1.94. The molecule has 21 heavy (non-hydrogen) atoms. The van der Waals surface area contributed by atoms with Crippen LogP contribution in [-0.2, 0) is 11.2 Å². The van der Waals surface area contributed by atoms with Crippen LogP contribution in [0, 0.1) is 17.5 Å². The number of aryl methyl sites for hydroxylation is 1. The van der Waals surface area contributed by atoms with Crippen molar-refractivity contribution in [3.05, 3.63) is 41.1 Å². The number of halogens is 3. The van der Waals surface area contributed by atoms with Gasteiger partial charge in [0.2, 0.25) is 0 Å². The zero-order chi connectivity index (χ0) is 15.7. The maximum absolute atomic E-state index is 13.9. The molecule has 1 aromatic carbocycles. The van der Waals surface area contributed by atoms with E-state index in [1.165, 1.54) is 0 Å². The highest BCUT2D eigenvalue weighted by Gasteiger charge is 2.24. The van der Waals surface area contributed by atoms with Gasteiger partial charge in [-0.2, -0.15) is 0 Å². The number of carbonyl (C=O) groups is 1. The third kappa shape index (κ3) is 2.44. The molecule has 1 aromatic heterocycles. The Kier molecular flexibility index (Phi) is 3.88. The molecule has 0 radical (unpaired) electrons. The number of rotatable bonds is 3. The summed E-state index contributed by atoms with van der Waals surface area (Å²) < 4.78 is 46.1. The number of methoxy groups -OCH3 is 1. The van der Waals surface area contributed by atoms with Crippen molar-refractivity contribution < 1.29 is 22.7 Å². The fraction of sp³-hybridized carbons (Fsp3) is 0.231. The van der Waals surface area contributed by atoms with Crippen LogP contribution in [0.3, 0.4) is 0 Å². The first-order valence-electron chi connectivity index (χ1n) is 6.01. The molecule has 0 aliphatic rings. The molecular formula is C13H12F3N3O2. The lowest BCUT2D eigenvalue weighted by Gasteiger charge is -2.10. The Balaban J connectivity index is 2.75. The SMILES string of the molecule is CCc1nc(C(=O)OC)c(N)n1-c1cc(F)cc(F)c1F. The molecule has 0 unspecified atom stereocenters. The van der Waals surface area contributed by atoms with Crippen LogP contribution in [0.4, 0.5) is 19.0 Å². The smallest absolute Gasteiger partial charge is 0.360 e. The van der Waals surface area contributed by atoms with Gasteiger partial charge in [-0.05, 0) is 0 Å². The minimum atomic E-state index is -1.36. The van der Waals surface area contributed by atoms with Crippen LogP contribution in [0.5, 0.6) is 0 Å². The van der Waals surface area contributed by atoms with Gasteiger partial charge in [0.15, 0.2) is 17.3 Å². The fourth-order valence-electron chi connectivity index (χ4n) is 1.94. The Morgan fingerprint density at radius 2 is 2.05 bits per heavy atom. The van der Waals surface area contributed by atoms with E-state index < -0.39 is 29.1 Å². The minimum Gasteiger partial charge on any atom is -0.464 e. The van der Waals surface area contributed by atoms with E-state index in [0.29, 0.717) is 6.07 Å². The summed E-state index contributed by atoms with van der Waals surface area (Å²) in [7, 11) is 1.13. The standard InChI is InChI=1S/C13H12F3N3O2/c1-3-9-18-11(13(20)21-2)12(17)19(9)8-5-6(14)4-7(15)10(8)16/h4-5H,3,17H2,1-2H3. The van der Waals surface area contributed by atoms with Gasteiger partial charge in [0, 0.05) is 18.6 Å². The Hall–Kier alpha value is -2.51. The highest BCUT2D eigenvalue weighted by molar-refractivity contribution is 5.92. The number of anilines is 1. The predicted molar refractivity (Wildman–Crippen MR) is 68.6 cm³/mol. The van der Waals surface area contributed by atoms with E-state index in [2.05, 4.69) is 9.72 Å². The summed E-state index contributed by atoms with van der Waals surface area (Å²) in [4.78, 5) is 15.5. The van der Waals surface area contributed by atoms with E-state index in [1.54, 1.807) is 6.92 Å². The van der Waals surface area contributed by atoms with Gasteiger partial charge < -0.3 is 10.5 Å². The van der Waals surface area contributed by atoms with Gasteiger partial charge in [-0.1, -0.05) is 6.92 Å². The van der Waals surface area contributed by atoms with Crippen LogP contribution in [-0.4, -0.2) is 22.6 Å². The molecular weight excluding hydrogens is 287 g/mol. The average Bonchev–Trinajstić information content (AvgIpc) is 2.78. The molecule has 2 N–H and O–H groups in total. The van der Waals surface area contributed by atoms with Gasteiger partial charge in [-0.25, -0.2) is 22.9 Å². The van der Waals surface area contributed by atoms with E-state index >= 15 is 0 Å². The number of nitrogens with zero attached hydrogens (tertiary/aromatic N) is 2. The molecule has 2 aromatic rings. The number of aromatic nitrogens is 2. The summed E-state index contributed by atoms with van der Waals surface area (Å²) in [5.74, 6) is -4.51. The predicted octanol–water partition coefficient (Wildman–Crippen LogP) is 2.22. The Labute approximate surface area is 118 Å². The van der Waals surface area contributed by atoms with Crippen LogP contribution in [0.2, 0.25) is 0 Å². The lowest BCUT2D eigenvalue weighted by Crippen LogP contribution is -2.10. The molecule has 0 atom stereocenters. The van der Waals surface area contributed by atoms with Crippen molar-refractivity contribution in [3.8, 4) is 5.69 Å². The first-order chi connectivity index (χ1) is 9.90. The number of nitrogen functional groups attached to an aromatic ring is 1. The van der Waals surface area contributed by atoms with Gasteiger partial charge in [0.1, 0.15) is 17.5 Å². The molecule has 0 amide bonds. The molecule has 1 heterocycles. The number of esters is 1. The lowest BCUT2D eigenvalue weighted by atomic mass is 10.2. The lowest BCUT2D eigenvalue weighted by molar-refractivity contribution is 0.0595. The van der Waals surface area contributed by atoms with E-state index in [0.717, 1.165) is 17.7 Å². The van der Waals surface area contributed by atoms with E-state index in [9.17, 15) is 18.0 Å². The molecule has 8 heteroatoms. The van der Waals surface area contributed by atoms with Crippen LogP contribution < -0.4 is 5.73 Å². The van der Waals surface area contributed by atoms with Crippen LogP contribution in [0.25, 0.3) is 5.69 Å². The summed E-state index contributed by atoms with van der Waals surface area (Å²) in [5.41, 5.74) is 5.05. The largest absolute Gasteiger partial charge is 0.464 e. The summed E-state index contributed by atoms with van der Waals surface area (Å²) >= 11 is 0. The van der Waals surface area contributed by atoms with Crippen LogP contribution in [0.15, 0.2) is 12.1 Å². The van der Waals surface area contributed by atoms with Crippen molar-refractivity contribution in [1.29, 1.82) is 0 Å². The van der Waals surface area contributed by atoms with Gasteiger partial charge in [0.25, 0.3) is 0 Å². The molecule has 2 rings (SSSR count). The van der Waals surface area contributed by atoms with Crippen molar-refractivity contribution >= 4 is 11.8 Å². The number of ether oxygens (including phenoxy) is 1. The molecule has 0 fully saturated rings. The number of benzene rings is 1. The summed E-state index contributed by atoms with van der Waals surface area (Å²) in [5, 5.41) is 0. The number of nitrogens with two attached hydrogens (primary N) is 1. The zero-order valence-corrected chi connectivity index (χ0v) is 11.3. The second kappa shape index (κ2) is 5.47. The van der Waals surface area contributed by atoms with Crippen molar-refractivity contribution in [1.82, 2.24) is 9.55 Å². The van der Waals surface area contributed by atoms with Crippen LogP contribution in [0.1, 0.15) is 23.2 Å². The maximum atomic E-state index is 13.9. The first-order valence-corrected chi connectivity index (χ1v) is 6.01.